The quantitative estimate of drug-likeness (QED) is 0.868. The van der Waals surface area contributed by atoms with Crippen molar-refractivity contribution in [2.75, 3.05) is 0 Å². The van der Waals surface area contributed by atoms with Gasteiger partial charge < -0.3 is 9.88 Å². The summed E-state index contributed by atoms with van der Waals surface area (Å²) in [6.07, 6.45) is 5.82. The van der Waals surface area contributed by atoms with Gasteiger partial charge in [0.1, 0.15) is 24.5 Å². The van der Waals surface area contributed by atoms with Gasteiger partial charge in [-0.2, -0.15) is 5.10 Å². The minimum absolute atomic E-state index is 0.0512. The number of hydrogen-bond donors (Lipinski definition) is 1. The second kappa shape index (κ2) is 6.51. The molecule has 0 aliphatic carbocycles. The van der Waals surface area contributed by atoms with E-state index < -0.39 is 0 Å². The van der Waals surface area contributed by atoms with Gasteiger partial charge in [-0.05, 0) is 19.3 Å². The van der Waals surface area contributed by atoms with E-state index >= 15 is 0 Å². The standard InChI is InChI=1S/C14H22N6O/c1-10(2)7-12(14-16-9-17-19(14)4)18-13(21)8-20-6-5-15-11(20)3/h5-6,9-10,12H,7-8H2,1-4H3,(H,18,21). The average Bonchev–Trinajstić information content (AvgIpc) is 2.98. The molecule has 1 unspecified atom stereocenters. The number of nitrogens with one attached hydrogen (secondary N) is 1. The summed E-state index contributed by atoms with van der Waals surface area (Å²) in [6.45, 7) is 6.38. The van der Waals surface area contributed by atoms with E-state index in [9.17, 15) is 4.79 Å². The van der Waals surface area contributed by atoms with Crippen molar-refractivity contribution in [1.82, 2.24) is 29.6 Å². The molecule has 2 aromatic heterocycles. The highest BCUT2D eigenvalue weighted by atomic mass is 16.2. The van der Waals surface area contributed by atoms with Gasteiger partial charge in [0.15, 0.2) is 0 Å². The molecule has 0 saturated carbocycles. The zero-order valence-corrected chi connectivity index (χ0v) is 12.9. The van der Waals surface area contributed by atoms with Gasteiger partial charge >= 0.3 is 0 Å². The first-order valence-electron chi connectivity index (χ1n) is 7.08. The van der Waals surface area contributed by atoms with E-state index in [-0.39, 0.29) is 18.5 Å². The van der Waals surface area contributed by atoms with Crippen LogP contribution < -0.4 is 5.32 Å². The number of hydrogen-bond acceptors (Lipinski definition) is 4. The highest BCUT2D eigenvalue weighted by molar-refractivity contribution is 5.76. The van der Waals surface area contributed by atoms with Crippen LogP contribution in [-0.4, -0.2) is 30.2 Å². The third-order valence-electron chi connectivity index (χ3n) is 3.34. The summed E-state index contributed by atoms with van der Waals surface area (Å²) in [6, 6.07) is -0.131. The van der Waals surface area contributed by atoms with Crippen LogP contribution in [0.4, 0.5) is 0 Å². The number of nitrogens with zero attached hydrogens (tertiary/aromatic N) is 5. The Morgan fingerprint density at radius 3 is 2.67 bits per heavy atom. The number of aromatic nitrogens is 5. The van der Waals surface area contributed by atoms with Crippen molar-refractivity contribution in [3.63, 3.8) is 0 Å². The van der Waals surface area contributed by atoms with Gasteiger partial charge in [-0.3, -0.25) is 9.48 Å². The Kier molecular flexibility index (Phi) is 4.72. The number of amides is 1. The molecule has 7 heteroatoms. The summed E-state index contributed by atoms with van der Waals surface area (Å²) in [4.78, 5) is 20.6. The molecule has 0 fully saturated rings. The fourth-order valence-corrected chi connectivity index (χ4v) is 2.29. The third kappa shape index (κ3) is 3.90. The molecule has 2 aromatic rings. The predicted molar refractivity (Wildman–Crippen MR) is 78.3 cm³/mol. The molecule has 0 bridgehead atoms. The number of carbonyl (C=O) groups excluding carboxylic acids is 1. The van der Waals surface area contributed by atoms with Crippen molar-refractivity contribution >= 4 is 5.91 Å². The van der Waals surface area contributed by atoms with Crippen molar-refractivity contribution in [2.24, 2.45) is 13.0 Å². The molecule has 1 atom stereocenters. The molecule has 21 heavy (non-hydrogen) atoms. The number of imidazole rings is 1. The van der Waals surface area contributed by atoms with Crippen molar-refractivity contribution in [2.45, 2.75) is 39.8 Å². The summed E-state index contributed by atoms with van der Waals surface area (Å²) in [5.41, 5.74) is 0. The summed E-state index contributed by atoms with van der Waals surface area (Å²) in [7, 11) is 1.84. The predicted octanol–water partition coefficient (Wildman–Crippen LogP) is 1.22. The fraction of sp³-hybridized carbons (Fsp3) is 0.571. The van der Waals surface area contributed by atoms with E-state index in [0.29, 0.717) is 5.92 Å². The largest absolute Gasteiger partial charge is 0.345 e. The molecule has 0 radical (unpaired) electrons. The van der Waals surface area contributed by atoms with Crippen LogP contribution in [-0.2, 0) is 18.4 Å². The Bertz CT molecular complexity index is 600. The first kappa shape index (κ1) is 15.2. The van der Waals surface area contributed by atoms with E-state index in [1.54, 1.807) is 17.1 Å². The molecule has 1 amide bonds. The molecule has 0 aromatic carbocycles. The van der Waals surface area contributed by atoms with Gasteiger partial charge in [-0.1, -0.05) is 13.8 Å². The third-order valence-corrected chi connectivity index (χ3v) is 3.34. The van der Waals surface area contributed by atoms with Crippen LogP contribution in [0.1, 0.15) is 38.0 Å². The first-order chi connectivity index (χ1) is 9.97. The van der Waals surface area contributed by atoms with Crippen molar-refractivity contribution in [3.8, 4) is 0 Å². The second-order valence-electron chi connectivity index (χ2n) is 5.59. The summed E-state index contributed by atoms with van der Waals surface area (Å²) < 4.78 is 3.52. The van der Waals surface area contributed by atoms with E-state index in [4.69, 9.17) is 0 Å². The maximum absolute atomic E-state index is 12.2. The Morgan fingerprint density at radius 1 is 1.38 bits per heavy atom. The summed E-state index contributed by atoms with van der Waals surface area (Å²) >= 11 is 0. The van der Waals surface area contributed by atoms with E-state index in [1.807, 2.05) is 18.5 Å². The van der Waals surface area contributed by atoms with Crippen molar-refractivity contribution in [3.05, 3.63) is 30.4 Å². The Morgan fingerprint density at radius 2 is 2.14 bits per heavy atom. The number of rotatable bonds is 6. The molecule has 114 valence electrons. The normalized spacial score (nSPS) is 12.6. The maximum Gasteiger partial charge on any atom is 0.240 e. The van der Waals surface area contributed by atoms with Crippen LogP contribution >= 0.6 is 0 Å². The topological polar surface area (TPSA) is 77.6 Å². The van der Waals surface area contributed by atoms with Crippen LogP contribution in [0.5, 0.6) is 0 Å². The molecule has 2 heterocycles. The van der Waals surface area contributed by atoms with Crippen molar-refractivity contribution in [1.29, 1.82) is 0 Å². The summed E-state index contributed by atoms with van der Waals surface area (Å²) in [5, 5.41) is 7.13. The van der Waals surface area contributed by atoms with E-state index in [2.05, 4.69) is 34.2 Å². The van der Waals surface area contributed by atoms with Gasteiger partial charge in [-0.15, -0.1) is 0 Å². The van der Waals surface area contributed by atoms with Crippen LogP contribution in [0, 0.1) is 12.8 Å². The van der Waals surface area contributed by atoms with Crippen LogP contribution in [0.25, 0.3) is 0 Å². The summed E-state index contributed by atoms with van der Waals surface area (Å²) in [5.74, 6) is 2.00. The maximum atomic E-state index is 12.2. The van der Waals surface area contributed by atoms with Gasteiger partial charge in [0, 0.05) is 19.4 Å². The Labute approximate surface area is 124 Å². The highest BCUT2D eigenvalue weighted by Crippen LogP contribution is 2.18. The van der Waals surface area contributed by atoms with Crippen LogP contribution in [0.2, 0.25) is 0 Å². The highest BCUT2D eigenvalue weighted by Gasteiger charge is 2.20. The lowest BCUT2D eigenvalue weighted by Crippen LogP contribution is -2.34. The molecule has 7 nitrogen and oxygen atoms in total. The number of aryl methyl sites for hydroxylation is 2. The number of carbonyl (C=O) groups is 1. The minimum atomic E-state index is -0.131. The van der Waals surface area contributed by atoms with E-state index in [0.717, 1.165) is 18.1 Å². The van der Waals surface area contributed by atoms with Gasteiger partial charge in [0.2, 0.25) is 5.91 Å². The first-order valence-corrected chi connectivity index (χ1v) is 7.08. The van der Waals surface area contributed by atoms with Crippen molar-refractivity contribution < 1.29 is 4.79 Å². The van der Waals surface area contributed by atoms with E-state index in [1.165, 1.54) is 6.33 Å². The lowest BCUT2D eigenvalue weighted by Gasteiger charge is -2.20. The van der Waals surface area contributed by atoms with Gasteiger partial charge in [0.05, 0.1) is 6.04 Å². The Hall–Kier alpha value is -2.18. The molecule has 0 aliphatic rings. The lowest BCUT2D eigenvalue weighted by atomic mass is 10.0. The molecule has 0 saturated heterocycles. The van der Waals surface area contributed by atoms with Gasteiger partial charge in [-0.25, -0.2) is 9.97 Å². The smallest absolute Gasteiger partial charge is 0.240 e. The lowest BCUT2D eigenvalue weighted by molar-refractivity contribution is -0.122. The molecule has 1 N–H and O–H groups in total. The zero-order chi connectivity index (χ0) is 15.4. The molecule has 0 aliphatic heterocycles. The average molecular weight is 290 g/mol. The molecule has 2 rings (SSSR count). The van der Waals surface area contributed by atoms with Crippen LogP contribution in [0.15, 0.2) is 18.7 Å². The molecule has 0 spiro atoms. The van der Waals surface area contributed by atoms with Gasteiger partial charge in [0.25, 0.3) is 0 Å². The fourth-order valence-electron chi connectivity index (χ4n) is 2.29. The molecular formula is C14H22N6O. The van der Waals surface area contributed by atoms with Crippen LogP contribution in [0.3, 0.4) is 0 Å². The zero-order valence-electron chi connectivity index (χ0n) is 12.9. The Balaban J connectivity index is 2.06. The SMILES string of the molecule is Cc1nccn1CC(=O)NC(CC(C)C)c1ncnn1C. The minimum Gasteiger partial charge on any atom is -0.345 e. The molecular weight excluding hydrogens is 268 g/mol. The monoisotopic (exact) mass is 290 g/mol. The second-order valence-corrected chi connectivity index (χ2v) is 5.59.